The number of aryl methyl sites for hydroxylation is 2. The minimum absolute atomic E-state index is 0.0665. The van der Waals surface area contributed by atoms with E-state index >= 15 is 0 Å². The van der Waals surface area contributed by atoms with Crippen molar-refractivity contribution < 1.29 is 14.2 Å². The average molecular weight is 296 g/mol. The van der Waals surface area contributed by atoms with Crippen molar-refractivity contribution in [3.05, 3.63) is 53.1 Å². The molecule has 0 N–H and O–H groups in total. The van der Waals surface area contributed by atoms with Crippen LogP contribution in [0, 0.1) is 6.92 Å². The second kappa shape index (κ2) is 5.56. The van der Waals surface area contributed by atoms with Crippen molar-refractivity contribution in [2.45, 2.75) is 32.3 Å². The van der Waals surface area contributed by atoms with Gasteiger partial charge in [-0.2, -0.15) is 0 Å². The molecule has 0 aromatic heterocycles. The summed E-state index contributed by atoms with van der Waals surface area (Å²) >= 11 is 0. The van der Waals surface area contributed by atoms with Crippen LogP contribution in [-0.4, -0.2) is 19.3 Å². The van der Waals surface area contributed by atoms with Gasteiger partial charge in [0.2, 0.25) is 0 Å². The SMILES string of the molecule is Cc1ccc2c(c1)OC(Cc1ccc3c(c1)CCCO3)CO2. The minimum Gasteiger partial charge on any atom is -0.493 e. The Hall–Kier alpha value is -2.16. The fourth-order valence-corrected chi connectivity index (χ4v) is 3.13. The predicted octanol–water partition coefficient (Wildman–Crippen LogP) is 3.70. The van der Waals surface area contributed by atoms with Crippen molar-refractivity contribution in [3.8, 4) is 17.2 Å². The van der Waals surface area contributed by atoms with Crippen LogP contribution in [0.25, 0.3) is 0 Å². The van der Waals surface area contributed by atoms with Gasteiger partial charge in [-0.25, -0.2) is 0 Å². The number of benzene rings is 2. The van der Waals surface area contributed by atoms with Crippen molar-refractivity contribution in [1.82, 2.24) is 0 Å². The molecule has 1 unspecified atom stereocenters. The average Bonchev–Trinajstić information content (AvgIpc) is 2.54. The van der Waals surface area contributed by atoms with E-state index in [1.54, 1.807) is 0 Å². The Balaban J connectivity index is 1.50. The first-order chi connectivity index (χ1) is 10.8. The molecule has 3 nitrogen and oxygen atoms in total. The van der Waals surface area contributed by atoms with Crippen LogP contribution in [0.1, 0.15) is 23.1 Å². The lowest BCUT2D eigenvalue weighted by Gasteiger charge is -2.27. The quantitative estimate of drug-likeness (QED) is 0.845. The van der Waals surface area contributed by atoms with Crippen molar-refractivity contribution in [1.29, 1.82) is 0 Å². The van der Waals surface area contributed by atoms with E-state index in [4.69, 9.17) is 14.2 Å². The Kier molecular flexibility index (Phi) is 3.41. The molecule has 22 heavy (non-hydrogen) atoms. The Bertz CT molecular complexity index is 693. The maximum Gasteiger partial charge on any atom is 0.162 e. The van der Waals surface area contributed by atoms with E-state index in [0.717, 1.165) is 43.1 Å². The fraction of sp³-hybridized carbons (Fsp3) is 0.368. The Morgan fingerprint density at radius 3 is 2.86 bits per heavy atom. The van der Waals surface area contributed by atoms with Gasteiger partial charge in [0.05, 0.1) is 6.61 Å². The van der Waals surface area contributed by atoms with Gasteiger partial charge in [-0.15, -0.1) is 0 Å². The van der Waals surface area contributed by atoms with Gasteiger partial charge in [0.15, 0.2) is 11.5 Å². The first-order valence-electron chi connectivity index (χ1n) is 7.93. The standard InChI is InChI=1S/C19H20O3/c1-13-4-6-18-19(9-13)22-16(12-21-18)11-14-5-7-17-15(10-14)3-2-8-20-17/h4-7,9-10,16H,2-3,8,11-12H2,1H3. The number of hydrogen-bond acceptors (Lipinski definition) is 3. The van der Waals surface area contributed by atoms with E-state index in [9.17, 15) is 0 Å². The Labute approximate surface area is 130 Å². The third-order valence-electron chi connectivity index (χ3n) is 4.25. The lowest BCUT2D eigenvalue weighted by Crippen LogP contribution is -2.31. The molecule has 4 rings (SSSR count). The van der Waals surface area contributed by atoms with Gasteiger partial charge in [0.25, 0.3) is 0 Å². The van der Waals surface area contributed by atoms with E-state index < -0.39 is 0 Å². The largest absolute Gasteiger partial charge is 0.493 e. The van der Waals surface area contributed by atoms with Gasteiger partial charge < -0.3 is 14.2 Å². The molecule has 2 heterocycles. The summed E-state index contributed by atoms with van der Waals surface area (Å²) in [7, 11) is 0. The molecule has 1 atom stereocenters. The number of fused-ring (bicyclic) bond motifs is 2. The first-order valence-corrected chi connectivity index (χ1v) is 7.93. The first kappa shape index (κ1) is 13.5. The van der Waals surface area contributed by atoms with Crippen LogP contribution in [-0.2, 0) is 12.8 Å². The van der Waals surface area contributed by atoms with Crippen molar-refractivity contribution >= 4 is 0 Å². The molecule has 0 spiro atoms. The summed E-state index contributed by atoms with van der Waals surface area (Å²) < 4.78 is 17.6. The molecule has 0 amide bonds. The number of hydrogen-bond donors (Lipinski definition) is 0. The van der Waals surface area contributed by atoms with E-state index in [2.05, 4.69) is 25.1 Å². The molecule has 0 bridgehead atoms. The molecule has 0 fully saturated rings. The zero-order valence-corrected chi connectivity index (χ0v) is 12.8. The fourth-order valence-electron chi connectivity index (χ4n) is 3.13. The molecular weight excluding hydrogens is 276 g/mol. The molecule has 0 radical (unpaired) electrons. The smallest absolute Gasteiger partial charge is 0.162 e. The molecule has 3 heteroatoms. The third-order valence-corrected chi connectivity index (χ3v) is 4.25. The summed E-state index contributed by atoms with van der Waals surface area (Å²) in [5.41, 5.74) is 3.79. The molecular formula is C19H20O3. The predicted molar refractivity (Wildman–Crippen MR) is 85.1 cm³/mol. The second-order valence-electron chi connectivity index (χ2n) is 6.10. The van der Waals surface area contributed by atoms with E-state index in [1.807, 2.05) is 18.2 Å². The highest BCUT2D eigenvalue weighted by Crippen LogP contribution is 2.33. The van der Waals surface area contributed by atoms with E-state index in [1.165, 1.54) is 16.7 Å². The lowest BCUT2D eigenvalue weighted by molar-refractivity contribution is 0.0911. The number of ether oxygens (including phenoxy) is 3. The maximum absolute atomic E-state index is 6.10. The van der Waals surface area contributed by atoms with E-state index in [-0.39, 0.29) is 6.10 Å². The topological polar surface area (TPSA) is 27.7 Å². The zero-order chi connectivity index (χ0) is 14.9. The summed E-state index contributed by atoms with van der Waals surface area (Å²) in [5, 5.41) is 0. The van der Waals surface area contributed by atoms with Crippen LogP contribution in [0.5, 0.6) is 17.2 Å². The van der Waals surface area contributed by atoms with Crippen LogP contribution in [0.3, 0.4) is 0 Å². The highest BCUT2D eigenvalue weighted by atomic mass is 16.6. The summed E-state index contributed by atoms with van der Waals surface area (Å²) in [6.07, 6.45) is 3.14. The van der Waals surface area contributed by atoms with Crippen molar-refractivity contribution in [2.24, 2.45) is 0 Å². The van der Waals surface area contributed by atoms with Crippen LogP contribution in [0.2, 0.25) is 0 Å². The van der Waals surface area contributed by atoms with Gasteiger partial charge in [-0.1, -0.05) is 18.2 Å². The normalized spacial score (nSPS) is 19.2. The second-order valence-corrected chi connectivity index (χ2v) is 6.10. The van der Waals surface area contributed by atoms with Crippen LogP contribution in [0.4, 0.5) is 0 Å². The minimum atomic E-state index is 0.0665. The van der Waals surface area contributed by atoms with Gasteiger partial charge >= 0.3 is 0 Å². The molecule has 2 aliphatic rings. The van der Waals surface area contributed by atoms with Gasteiger partial charge in [-0.05, 0) is 54.7 Å². The summed E-state index contributed by atoms with van der Waals surface area (Å²) in [6.45, 7) is 3.50. The summed E-state index contributed by atoms with van der Waals surface area (Å²) in [4.78, 5) is 0. The van der Waals surface area contributed by atoms with Crippen molar-refractivity contribution in [3.63, 3.8) is 0 Å². The highest BCUT2D eigenvalue weighted by Gasteiger charge is 2.22. The maximum atomic E-state index is 6.10. The van der Waals surface area contributed by atoms with Gasteiger partial charge in [0, 0.05) is 6.42 Å². The lowest BCUT2D eigenvalue weighted by atomic mass is 10.00. The molecule has 0 aliphatic carbocycles. The Morgan fingerprint density at radius 1 is 1.00 bits per heavy atom. The molecule has 114 valence electrons. The zero-order valence-electron chi connectivity index (χ0n) is 12.8. The monoisotopic (exact) mass is 296 g/mol. The van der Waals surface area contributed by atoms with Gasteiger partial charge in [-0.3, -0.25) is 0 Å². The van der Waals surface area contributed by atoms with Crippen molar-refractivity contribution in [2.75, 3.05) is 13.2 Å². The number of rotatable bonds is 2. The van der Waals surface area contributed by atoms with Crippen LogP contribution < -0.4 is 14.2 Å². The molecule has 0 saturated carbocycles. The third kappa shape index (κ3) is 2.63. The highest BCUT2D eigenvalue weighted by molar-refractivity contribution is 5.44. The molecule has 2 aromatic carbocycles. The molecule has 2 aliphatic heterocycles. The van der Waals surface area contributed by atoms with Crippen LogP contribution in [0.15, 0.2) is 36.4 Å². The molecule has 2 aromatic rings. The summed E-state index contributed by atoms with van der Waals surface area (Å²) in [6, 6.07) is 12.6. The van der Waals surface area contributed by atoms with E-state index in [0.29, 0.717) is 6.61 Å². The van der Waals surface area contributed by atoms with Gasteiger partial charge in [0.1, 0.15) is 18.5 Å². The Morgan fingerprint density at radius 2 is 1.91 bits per heavy atom. The molecule has 0 saturated heterocycles. The summed E-state index contributed by atoms with van der Waals surface area (Å²) in [5.74, 6) is 2.75. The van der Waals surface area contributed by atoms with Crippen LogP contribution >= 0.6 is 0 Å².